The lowest BCUT2D eigenvalue weighted by Gasteiger charge is -2.18. The molecule has 0 radical (unpaired) electrons. The summed E-state index contributed by atoms with van der Waals surface area (Å²) in [6.07, 6.45) is 2.96. The first kappa shape index (κ1) is 12.3. The highest BCUT2D eigenvalue weighted by Gasteiger charge is 2.14. The molecule has 0 saturated carbocycles. The Morgan fingerprint density at radius 1 is 1.11 bits per heavy atom. The Hall–Kier alpha value is -1.74. The standard InChI is InChI=1S/C16H19N3/c1-12-14-11-17-10-9-15(14)19-16(18-12)8-7-13-5-3-2-4-6-13/h2-6,17H,7-11H2,1H3. The fraction of sp³-hybridized carbons (Fsp3) is 0.375. The molecular weight excluding hydrogens is 234 g/mol. The number of hydrogen-bond acceptors (Lipinski definition) is 3. The average molecular weight is 253 g/mol. The van der Waals surface area contributed by atoms with Crippen LogP contribution >= 0.6 is 0 Å². The van der Waals surface area contributed by atoms with Crippen LogP contribution in [0.1, 0.15) is 28.3 Å². The molecule has 1 aromatic carbocycles. The van der Waals surface area contributed by atoms with E-state index in [1.807, 2.05) is 0 Å². The fourth-order valence-corrected chi connectivity index (χ4v) is 2.59. The van der Waals surface area contributed by atoms with Crippen molar-refractivity contribution in [3.8, 4) is 0 Å². The van der Waals surface area contributed by atoms with Gasteiger partial charge in [0, 0.05) is 37.2 Å². The molecule has 1 N–H and O–H groups in total. The fourth-order valence-electron chi connectivity index (χ4n) is 2.59. The second-order valence-corrected chi connectivity index (χ2v) is 5.06. The third-order valence-electron chi connectivity index (χ3n) is 3.67. The van der Waals surface area contributed by atoms with Crippen LogP contribution < -0.4 is 5.32 Å². The maximum atomic E-state index is 4.74. The molecule has 1 aliphatic heterocycles. The number of nitrogens with zero attached hydrogens (tertiary/aromatic N) is 2. The Balaban J connectivity index is 1.76. The van der Waals surface area contributed by atoms with Crippen LogP contribution in [0.5, 0.6) is 0 Å². The van der Waals surface area contributed by atoms with E-state index in [-0.39, 0.29) is 0 Å². The summed E-state index contributed by atoms with van der Waals surface area (Å²) in [6.45, 7) is 4.04. The van der Waals surface area contributed by atoms with E-state index in [1.165, 1.54) is 16.8 Å². The molecule has 98 valence electrons. The van der Waals surface area contributed by atoms with E-state index in [0.717, 1.165) is 43.9 Å². The first-order chi connectivity index (χ1) is 9.33. The number of nitrogens with one attached hydrogen (secondary N) is 1. The zero-order chi connectivity index (χ0) is 13.1. The molecule has 0 saturated heterocycles. The molecule has 0 atom stereocenters. The minimum Gasteiger partial charge on any atom is -0.312 e. The maximum Gasteiger partial charge on any atom is 0.129 e. The van der Waals surface area contributed by atoms with E-state index in [4.69, 9.17) is 4.98 Å². The predicted molar refractivity (Wildman–Crippen MR) is 76.0 cm³/mol. The lowest BCUT2D eigenvalue weighted by molar-refractivity contribution is 0.613. The maximum absolute atomic E-state index is 4.74. The van der Waals surface area contributed by atoms with E-state index < -0.39 is 0 Å². The van der Waals surface area contributed by atoms with Crippen molar-refractivity contribution in [2.24, 2.45) is 0 Å². The van der Waals surface area contributed by atoms with Gasteiger partial charge in [0.2, 0.25) is 0 Å². The van der Waals surface area contributed by atoms with Crippen molar-refractivity contribution in [1.29, 1.82) is 0 Å². The normalized spacial score (nSPS) is 14.2. The van der Waals surface area contributed by atoms with Gasteiger partial charge in [-0.25, -0.2) is 9.97 Å². The second-order valence-electron chi connectivity index (χ2n) is 5.06. The van der Waals surface area contributed by atoms with E-state index in [0.29, 0.717) is 0 Å². The number of fused-ring (bicyclic) bond motifs is 1. The van der Waals surface area contributed by atoms with E-state index in [1.54, 1.807) is 0 Å². The molecule has 2 aromatic rings. The monoisotopic (exact) mass is 253 g/mol. The molecule has 2 heterocycles. The zero-order valence-corrected chi connectivity index (χ0v) is 11.3. The van der Waals surface area contributed by atoms with Gasteiger partial charge in [-0.3, -0.25) is 0 Å². The quantitative estimate of drug-likeness (QED) is 0.911. The molecule has 3 rings (SSSR count). The zero-order valence-electron chi connectivity index (χ0n) is 11.3. The highest BCUT2D eigenvalue weighted by Crippen LogP contribution is 2.15. The summed E-state index contributed by atoms with van der Waals surface area (Å²) in [5.41, 5.74) is 5.03. The van der Waals surface area contributed by atoms with Gasteiger partial charge < -0.3 is 5.32 Å². The average Bonchev–Trinajstić information content (AvgIpc) is 2.46. The molecule has 0 spiro atoms. The van der Waals surface area contributed by atoms with Crippen LogP contribution in [0.25, 0.3) is 0 Å². The van der Waals surface area contributed by atoms with Crippen LogP contribution in [0.2, 0.25) is 0 Å². The largest absolute Gasteiger partial charge is 0.312 e. The van der Waals surface area contributed by atoms with Gasteiger partial charge in [-0.1, -0.05) is 30.3 Å². The van der Waals surface area contributed by atoms with Crippen LogP contribution in [-0.4, -0.2) is 16.5 Å². The molecular formula is C16H19N3. The molecule has 0 bridgehead atoms. The number of benzene rings is 1. The van der Waals surface area contributed by atoms with Crippen LogP contribution in [0.15, 0.2) is 30.3 Å². The molecule has 3 nitrogen and oxygen atoms in total. The summed E-state index contributed by atoms with van der Waals surface area (Å²) in [4.78, 5) is 9.39. The van der Waals surface area contributed by atoms with Crippen LogP contribution in [0.3, 0.4) is 0 Å². The molecule has 0 fully saturated rings. The molecule has 1 aliphatic rings. The highest BCUT2D eigenvalue weighted by atomic mass is 14.9. The van der Waals surface area contributed by atoms with Gasteiger partial charge in [0.15, 0.2) is 0 Å². The number of rotatable bonds is 3. The van der Waals surface area contributed by atoms with Crippen molar-refractivity contribution in [2.75, 3.05) is 6.54 Å². The summed E-state index contributed by atoms with van der Waals surface area (Å²) in [5.74, 6) is 0.988. The summed E-state index contributed by atoms with van der Waals surface area (Å²) in [7, 11) is 0. The van der Waals surface area contributed by atoms with Gasteiger partial charge >= 0.3 is 0 Å². The van der Waals surface area contributed by atoms with Crippen molar-refractivity contribution in [3.63, 3.8) is 0 Å². The van der Waals surface area contributed by atoms with Gasteiger partial charge in [-0.15, -0.1) is 0 Å². The molecule has 0 unspecified atom stereocenters. The second kappa shape index (κ2) is 5.49. The minimum atomic E-state index is 0.917. The lowest BCUT2D eigenvalue weighted by Crippen LogP contribution is -2.26. The SMILES string of the molecule is Cc1nc(CCc2ccccc2)nc2c1CNCC2. The third kappa shape index (κ3) is 2.82. The minimum absolute atomic E-state index is 0.917. The Morgan fingerprint density at radius 3 is 2.79 bits per heavy atom. The van der Waals surface area contributed by atoms with Gasteiger partial charge in [0.1, 0.15) is 5.82 Å². The van der Waals surface area contributed by atoms with Gasteiger partial charge in [-0.05, 0) is 18.9 Å². The Kier molecular flexibility index (Phi) is 3.56. The van der Waals surface area contributed by atoms with Crippen LogP contribution in [0.4, 0.5) is 0 Å². The summed E-state index contributed by atoms with van der Waals surface area (Å²) in [5, 5.41) is 3.38. The van der Waals surface area contributed by atoms with Gasteiger partial charge in [0.25, 0.3) is 0 Å². The number of aryl methyl sites for hydroxylation is 3. The van der Waals surface area contributed by atoms with Crippen molar-refractivity contribution in [2.45, 2.75) is 32.7 Å². The first-order valence-electron chi connectivity index (χ1n) is 6.93. The molecule has 19 heavy (non-hydrogen) atoms. The lowest BCUT2D eigenvalue weighted by atomic mass is 10.0. The predicted octanol–water partition coefficient (Wildman–Crippen LogP) is 2.22. The van der Waals surface area contributed by atoms with E-state index in [9.17, 15) is 0 Å². The smallest absolute Gasteiger partial charge is 0.129 e. The Labute approximate surface area is 114 Å². The number of aromatic nitrogens is 2. The Bertz CT molecular complexity index is 564. The van der Waals surface area contributed by atoms with Gasteiger partial charge in [-0.2, -0.15) is 0 Å². The van der Waals surface area contributed by atoms with Crippen molar-refractivity contribution in [3.05, 3.63) is 58.7 Å². The molecule has 3 heteroatoms. The third-order valence-corrected chi connectivity index (χ3v) is 3.67. The Morgan fingerprint density at radius 2 is 1.95 bits per heavy atom. The summed E-state index contributed by atoms with van der Waals surface area (Å²) < 4.78 is 0. The van der Waals surface area contributed by atoms with Crippen LogP contribution in [0, 0.1) is 6.92 Å². The molecule has 0 amide bonds. The van der Waals surface area contributed by atoms with Crippen molar-refractivity contribution in [1.82, 2.24) is 15.3 Å². The summed E-state index contributed by atoms with van der Waals surface area (Å²) in [6, 6.07) is 10.5. The summed E-state index contributed by atoms with van der Waals surface area (Å²) >= 11 is 0. The number of hydrogen-bond donors (Lipinski definition) is 1. The highest BCUT2D eigenvalue weighted by molar-refractivity contribution is 5.27. The van der Waals surface area contributed by atoms with Crippen molar-refractivity contribution < 1.29 is 0 Å². The molecule has 0 aliphatic carbocycles. The van der Waals surface area contributed by atoms with Crippen LogP contribution in [-0.2, 0) is 25.8 Å². The van der Waals surface area contributed by atoms with E-state index >= 15 is 0 Å². The van der Waals surface area contributed by atoms with E-state index in [2.05, 4.69) is 47.6 Å². The first-order valence-corrected chi connectivity index (χ1v) is 6.93. The van der Waals surface area contributed by atoms with Crippen molar-refractivity contribution >= 4 is 0 Å². The topological polar surface area (TPSA) is 37.8 Å². The molecule has 1 aromatic heterocycles. The van der Waals surface area contributed by atoms with Gasteiger partial charge in [0.05, 0.1) is 5.69 Å².